The summed E-state index contributed by atoms with van der Waals surface area (Å²) in [5.41, 5.74) is 1.56. The number of hydrogen-bond donors (Lipinski definition) is 0. The van der Waals surface area contributed by atoms with Crippen LogP contribution in [0, 0.1) is 5.96 Å². The molecular formula is C17H16B. The minimum atomic E-state index is 0.133. The van der Waals surface area contributed by atoms with Gasteiger partial charge in [0, 0.05) is 0 Å². The van der Waals surface area contributed by atoms with Crippen molar-refractivity contribution in [1.82, 2.24) is 0 Å². The molecule has 0 aliphatic rings. The number of rotatable bonds is 0. The van der Waals surface area contributed by atoms with Gasteiger partial charge in [-0.2, -0.15) is 0 Å². The fraction of sp³-hybridized carbons (Fsp3) is 0.235. The number of benzene rings is 2. The molecule has 0 bridgehead atoms. The molecule has 0 fully saturated rings. The van der Waals surface area contributed by atoms with Crippen molar-refractivity contribution in [3.05, 3.63) is 54.0 Å². The van der Waals surface area contributed by atoms with Crippen LogP contribution in [0.5, 0.6) is 0 Å². The van der Waals surface area contributed by atoms with Crippen molar-refractivity contribution in [2.75, 3.05) is 0 Å². The molecule has 2 aromatic carbocycles. The Hall–Kier alpha value is -1.63. The summed E-state index contributed by atoms with van der Waals surface area (Å²) in [4.78, 5) is 0. The molecule has 0 unspecified atom stereocenters. The van der Waals surface area contributed by atoms with Crippen molar-refractivity contribution < 1.29 is 0 Å². The van der Waals surface area contributed by atoms with E-state index in [0.717, 1.165) is 0 Å². The normalized spacial score (nSPS) is 11.9. The van der Waals surface area contributed by atoms with Crippen molar-refractivity contribution in [1.29, 1.82) is 0 Å². The van der Waals surface area contributed by atoms with Gasteiger partial charge < -0.3 is 0 Å². The van der Waals surface area contributed by atoms with Gasteiger partial charge >= 0.3 is 109 Å². The fourth-order valence-corrected chi connectivity index (χ4v) is 2.76. The van der Waals surface area contributed by atoms with Crippen molar-refractivity contribution in [2.45, 2.75) is 26.2 Å². The average Bonchev–Trinajstić information content (AvgIpc) is 2.34. The molecule has 1 radical (unpaired) electrons. The maximum atomic E-state index is 3.21. The number of fused-ring (bicyclic) bond motifs is 2. The van der Waals surface area contributed by atoms with E-state index in [4.69, 9.17) is 0 Å². The van der Waals surface area contributed by atoms with Crippen LogP contribution in [-0.2, 0) is 5.41 Å². The Kier molecular flexibility index (Phi) is 2.51. The van der Waals surface area contributed by atoms with Gasteiger partial charge in [0.15, 0.2) is 0 Å². The van der Waals surface area contributed by atoms with E-state index in [0.29, 0.717) is 0 Å². The predicted octanol–water partition coefficient (Wildman–Crippen LogP) is 4.43. The second kappa shape index (κ2) is 3.95. The summed E-state index contributed by atoms with van der Waals surface area (Å²) in [6.07, 6.45) is 0. The molecule has 0 nitrogen and oxygen atoms in total. The van der Waals surface area contributed by atoms with Gasteiger partial charge in [0.25, 0.3) is 0 Å². The monoisotopic (exact) mass is 231 g/mol. The molecule has 87 valence electrons. The zero-order valence-electron chi connectivity index (χ0n) is 11.1. The van der Waals surface area contributed by atoms with Crippen molar-refractivity contribution in [2.24, 2.45) is 0 Å². The van der Waals surface area contributed by atoms with Crippen molar-refractivity contribution in [3.8, 4) is 0 Å². The summed E-state index contributed by atoms with van der Waals surface area (Å²) in [6, 6.07) is 15.1. The summed E-state index contributed by atoms with van der Waals surface area (Å²) in [6.45, 7) is 8.95. The van der Waals surface area contributed by atoms with Gasteiger partial charge in [0.05, 0.1) is 0 Å². The molecule has 0 saturated carbocycles. The van der Waals surface area contributed by atoms with E-state index in [1.54, 1.807) is 0 Å². The zero-order valence-corrected chi connectivity index (χ0v) is 11.1. The second-order valence-corrected chi connectivity index (χ2v) is 5.87. The van der Waals surface area contributed by atoms with E-state index in [1.807, 2.05) is 6.07 Å². The Labute approximate surface area is 109 Å². The molecule has 1 heterocycles. The van der Waals surface area contributed by atoms with Crippen LogP contribution in [0.1, 0.15) is 26.3 Å². The summed E-state index contributed by atoms with van der Waals surface area (Å²) >= 11 is 0. The molecule has 0 spiro atoms. The Balaban J connectivity index is 2.58. The average molecular weight is 231 g/mol. The van der Waals surface area contributed by atoms with Gasteiger partial charge in [-0.05, 0) is 0 Å². The van der Waals surface area contributed by atoms with Crippen LogP contribution in [0.3, 0.4) is 0 Å². The first-order valence-corrected chi connectivity index (χ1v) is 6.39. The Morgan fingerprint density at radius 3 is 2.56 bits per heavy atom. The minimum absolute atomic E-state index is 0.133. The molecular weight excluding hydrogens is 215 g/mol. The first-order valence-electron chi connectivity index (χ1n) is 6.39. The van der Waals surface area contributed by atoms with Gasteiger partial charge in [-0.1, -0.05) is 0 Å². The Morgan fingerprint density at radius 2 is 1.78 bits per heavy atom. The molecule has 18 heavy (non-hydrogen) atoms. The molecule has 1 heteroatoms. The molecule has 3 rings (SSSR count). The van der Waals surface area contributed by atoms with Crippen molar-refractivity contribution >= 4 is 28.4 Å². The summed E-state index contributed by atoms with van der Waals surface area (Å²) in [5.74, 6) is 3.21. The van der Waals surface area contributed by atoms with E-state index in [1.165, 1.54) is 27.0 Å². The standard InChI is InChI=1S/C17H16B/c1-17(2,3)15-14-9-5-4-7-12(14)11-13-8-6-10-18-16(13)15/h4-9,11H,1-3H3. The quantitative estimate of drug-likeness (QED) is 0.502. The second-order valence-electron chi connectivity index (χ2n) is 5.87. The molecule has 0 saturated heterocycles. The molecule has 0 N–H and O–H groups in total. The van der Waals surface area contributed by atoms with Gasteiger partial charge in [-0.25, -0.2) is 0 Å². The third-order valence-electron chi connectivity index (χ3n) is 3.46. The van der Waals surface area contributed by atoms with E-state index in [2.05, 4.69) is 70.0 Å². The maximum absolute atomic E-state index is 3.21. The molecule has 1 aromatic heterocycles. The molecule has 0 aliphatic carbocycles. The summed E-state index contributed by atoms with van der Waals surface area (Å²) in [5, 5.41) is 5.30. The summed E-state index contributed by atoms with van der Waals surface area (Å²) < 4.78 is 0. The molecule has 0 amide bonds. The van der Waals surface area contributed by atoms with Crippen LogP contribution in [0.25, 0.3) is 21.4 Å². The van der Waals surface area contributed by atoms with Crippen LogP contribution in [-0.4, -0.2) is 6.91 Å². The molecule has 0 atom stereocenters. The van der Waals surface area contributed by atoms with Crippen LogP contribution >= 0.6 is 0 Å². The zero-order chi connectivity index (χ0) is 12.8. The Morgan fingerprint density at radius 1 is 1.00 bits per heavy atom. The van der Waals surface area contributed by atoms with Crippen LogP contribution in [0.2, 0.25) is 0 Å². The van der Waals surface area contributed by atoms with Gasteiger partial charge in [0.1, 0.15) is 0 Å². The van der Waals surface area contributed by atoms with E-state index in [-0.39, 0.29) is 5.41 Å². The predicted molar refractivity (Wildman–Crippen MR) is 80.3 cm³/mol. The summed E-state index contributed by atoms with van der Waals surface area (Å²) in [7, 11) is 0. The number of hydrogen-bond acceptors (Lipinski definition) is 0. The Bertz CT molecular complexity index is 666. The topological polar surface area (TPSA) is 0 Å². The third-order valence-corrected chi connectivity index (χ3v) is 3.46. The first kappa shape index (κ1) is 11.5. The molecule has 3 aromatic rings. The SMILES string of the molecule is CC(C)(C)c1c2b[c]ccc2cc2ccccc12. The first-order chi connectivity index (χ1) is 8.57. The van der Waals surface area contributed by atoms with Crippen LogP contribution in [0.15, 0.2) is 42.5 Å². The van der Waals surface area contributed by atoms with E-state index < -0.39 is 0 Å². The van der Waals surface area contributed by atoms with E-state index >= 15 is 0 Å². The van der Waals surface area contributed by atoms with Crippen LogP contribution in [0.4, 0.5) is 0 Å². The van der Waals surface area contributed by atoms with Gasteiger partial charge in [-0.3, -0.25) is 0 Å². The van der Waals surface area contributed by atoms with Gasteiger partial charge in [-0.15, -0.1) is 0 Å². The van der Waals surface area contributed by atoms with E-state index in [9.17, 15) is 0 Å². The van der Waals surface area contributed by atoms with Crippen LogP contribution < -0.4 is 0 Å². The van der Waals surface area contributed by atoms with Crippen molar-refractivity contribution in [3.63, 3.8) is 0 Å². The van der Waals surface area contributed by atoms with Gasteiger partial charge in [0.2, 0.25) is 0 Å². The third kappa shape index (κ3) is 1.75. The fourth-order valence-electron chi connectivity index (χ4n) is 2.76. The molecule has 0 aliphatic heterocycles.